The fourth-order valence-electron chi connectivity index (χ4n) is 4.53. The molecule has 1 aliphatic heterocycles. The predicted molar refractivity (Wildman–Crippen MR) is 91.1 cm³/mol. The minimum atomic E-state index is -3.41. The summed E-state index contributed by atoms with van der Waals surface area (Å²) in [6.07, 6.45) is 6.71. The van der Waals surface area contributed by atoms with Gasteiger partial charge in [0, 0.05) is 24.7 Å². The number of hydrogen-bond donors (Lipinski definition) is 1. The van der Waals surface area contributed by atoms with Crippen LogP contribution in [-0.2, 0) is 10.0 Å². The van der Waals surface area contributed by atoms with Crippen LogP contribution in [0.5, 0.6) is 0 Å². The van der Waals surface area contributed by atoms with Crippen molar-refractivity contribution in [2.75, 3.05) is 13.1 Å². The second-order valence-corrected chi connectivity index (χ2v) is 9.33. The summed E-state index contributed by atoms with van der Waals surface area (Å²) in [5, 5.41) is 3.14. The third-order valence-corrected chi connectivity index (χ3v) is 7.79. The van der Waals surface area contributed by atoms with Gasteiger partial charge in [0.2, 0.25) is 10.0 Å². The van der Waals surface area contributed by atoms with Crippen molar-refractivity contribution in [2.24, 2.45) is 11.8 Å². The molecule has 0 aromatic heterocycles. The van der Waals surface area contributed by atoms with Crippen molar-refractivity contribution < 1.29 is 13.2 Å². The first kappa shape index (κ1) is 16.1. The van der Waals surface area contributed by atoms with Gasteiger partial charge in [-0.15, -0.1) is 0 Å². The van der Waals surface area contributed by atoms with Crippen molar-refractivity contribution in [3.63, 3.8) is 0 Å². The fourth-order valence-corrected chi connectivity index (χ4v) is 6.05. The van der Waals surface area contributed by atoms with Crippen LogP contribution in [0, 0.1) is 11.8 Å². The van der Waals surface area contributed by atoms with Crippen molar-refractivity contribution >= 4 is 15.9 Å². The predicted octanol–water partition coefficient (Wildman–Crippen LogP) is 2.39. The lowest BCUT2D eigenvalue weighted by Gasteiger charge is -2.23. The van der Waals surface area contributed by atoms with Gasteiger partial charge >= 0.3 is 0 Å². The Kier molecular flexibility index (Phi) is 4.12. The average molecular weight is 348 g/mol. The van der Waals surface area contributed by atoms with Gasteiger partial charge in [-0.3, -0.25) is 4.79 Å². The molecule has 1 saturated heterocycles. The molecule has 3 atom stereocenters. The van der Waals surface area contributed by atoms with Gasteiger partial charge in [-0.2, -0.15) is 4.31 Å². The maximum atomic E-state index is 12.5. The molecule has 5 nitrogen and oxygen atoms in total. The van der Waals surface area contributed by atoms with Gasteiger partial charge in [-0.1, -0.05) is 6.42 Å². The summed E-state index contributed by atoms with van der Waals surface area (Å²) >= 11 is 0. The van der Waals surface area contributed by atoms with Gasteiger partial charge < -0.3 is 5.32 Å². The van der Waals surface area contributed by atoms with E-state index in [2.05, 4.69) is 5.32 Å². The number of rotatable bonds is 4. The van der Waals surface area contributed by atoms with Crippen LogP contribution in [0.2, 0.25) is 0 Å². The molecule has 4 rings (SSSR count). The number of nitrogens with one attached hydrogen (secondary N) is 1. The number of amides is 1. The van der Waals surface area contributed by atoms with E-state index in [1.54, 1.807) is 24.3 Å². The minimum absolute atomic E-state index is 0.0855. The van der Waals surface area contributed by atoms with E-state index >= 15 is 0 Å². The Balaban J connectivity index is 1.44. The monoisotopic (exact) mass is 348 g/mol. The maximum absolute atomic E-state index is 12.5. The largest absolute Gasteiger partial charge is 0.349 e. The molecule has 24 heavy (non-hydrogen) atoms. The van der Waals surface area contributed by atoms with Crippen molar-refractivity contribution in [3.8, 4) is 0 Å². The Morgan fingerprint density at radius 3 is 2.33 bits per heavy atom. The highest BCUT2D eigenvalue weighted by molar-refractivity contribution is 7.89. The summed E-state index contributed by atoms with van der Waals surface area (Å²) in [5.74, 6) is 1.33. The number of fused-ring (bicyclic) bond motifs is 2. The molecule has 2 bridgehead atoms. The zero-order chi connectivity index (χ0) is 16.7. The van der Waals surface area contributed by atoms with Gasteiger partial charge in [-0.25, -0.2) is 8.42 Å². The molecule has 1 heterocycles. The third kappa shape index (κ3) is 2.86. The molecular weight excluding hydrogens is 324 g/mol. The van der Waals surface area contributed by atoms with Crippen LogP contribution in [0.1, 0.15) is 48.9 Å². The highest BCUT2D eigenvalue weighted by Crippen LogP contribution is 2.44. The summed E-state index contributed by atoms with van der Waals surface area (Å²) in [4.78, 5) is 12.7. The molecule has 1 amide bonds. The normalized spacial score (nSPS) is 29.9. The topological polar surface area (TPSA) is 66.5 Å². The van der Waals surface area contributed by atoms with E-state index in [0.29, 0.717) is 30.6 Å². The highest BCUT2D eigenvalue weighted by Gasteiger charge is 2.40. The maximum Gasteiger partial charge on any atom is 0.251 e. The van der Waals surface area contributed by atoms with E-state index in [9.17, 15) is 13.2 Å². The van der Waals surface area contributed by atoms with Crippen LogP contribution in [0.3, 0.4) is 0 Å². The standard InChI is InChI=1S/C18H24N2O3S/c21-18(19-17-12-13-3-4-15(17)11-13)14-5-7-16(8-6-14)24(22,23)20-9-1-2-10-20/h5-8,13,15,17H,1-4,9-12H2,(H,19,21)/t13-,15-,17-/m1/s1. The van der Waals surface area contributed by atoms with Crippen LogP contribution in [0.4, 0.5) is 0 Å². The second-order valence-electron chi connectivity index (χ2n) is 7.39. The third-order valence-electron chi connectivity index (χ3n) is 5.87. The molecule has 2 saturated carbocycles. The van der Waals surface area contributed by atoms with Gasteiger partial charge in [0.25, 0.3) is 5.91 Å². The van der Waals surface area contributed by atoms with Crippen LogP contribution >= 0.6 is 0 Å². The molecule has 6 heteroatoms. The van der Waals surface area contributed by atoms with E-state index in [1.165, 1.54) is 23.6 Å². The van der Waals surface area contributed by atoms with Gasteiger partial charge in [0.1, 0.15) is 0 Å². The number of carbonyl (C=O) groups excluding carboxylic acids is 1. The lowest BCUT2D eigenvalue weighted by Crippen LogP contribution is -2.38. The van der Waals surface area contributed by atoms with Gasteiger partial charge in [-0.05, 0) is 68.2 Å². The molecule has 2 aliphatic carbocycles. The average Bonchev–Trinajstić information content (AvgIpc) is 3.32. The molecule has 1 aromatic rings. The number of nitrogens with zero attached hydrogens (tertiary/aromatic N) is 1. The SMILES string of the molecule is O=C(N[C@@H]1C[C@@H]2CC[C@@H]1C2)c1ccc(S(=O)(=O)N2CCCC2)cc1. The van der Waals surface area contributed by atoms with Crippen molar-refractivity contribution in [1.82, 2.24) is 9.62 Å². The molecule has 1 aromatic carbocycles. The molecule has 3 fully saturated rings. The van der Waals surface area contributed by atoms with Crippen molar-refractivity contribution in [3.05, 3.63) is 29.8 Å². The summed E-state index contributed by atoms with van der Waals surface area (Å²) < 4.78 is 26.5. The molecule has 130 valence electrons. The van der Waals surface area contributed by atoms with Crippen LogP contribution in [0.25, 0.3) is 0 Å². The Hall–Kier alpha value is -1.40. The highest BCUT2D eigenvalue weighted by atomic mass is 32.2. The van der Waals surface area contributed by atoms with Crippen molar-refractivity contribution in [2.45, 2.75) is 49.5 Å². The van der Waals surface area contributed by atoms with Crippen LogP contribution in [0.15, 0.2) is 29.2 Å². The lowest BCUT2D eigenvalue weighted by atomic mass is 9.95. The molecule has 0 unspecified atom stereocenters. The van der Waals surface area contributed by atoms with Crippen LogP contribution in [-0.4, -0.2) is 37.8 Å². The summed E-state index contributed by atoms with van der Waals surface area (Å²) in [5.41, 5.74) is 0.540. The summed E-state index contributed by atoms with van der Waals surface area (Å²) in [7, 11) is -3.41. The van der Waals surface area contributed by atoms with E-state index in [-0.39, 0.29) is 10.8 Å². The van der Waals surface area contributed by atoms with E-state index in [1.807, 2.05) is 0 Å². The smallest absolute Gasteiger partial charge is 0.251 e. The zero-order valence-corrected chi connectivity index (χ0v) is 14.6. The van der Waals surface area contributed by atoms with E-state index in [0.717, 1.165) is 25.2 Å². The second kappa shape index (κ2) is 6.15. The molecule has 3 aliphatic rings. The Morgan fingerprint density at radius 1 is 1.04 bits per heavy atom. The lowest BCUT2D eigenvalue weighted by molar-refractivity contribution is 0.0923. The zero-order valence-electron chi connectivity index (χ0n) is 13.8. The summed E-state index contributed by atoms with van der Waals surface area (Å²) in [6, 6.07) is 6.67. The molecule has 0 radical (unpaired) electrons. The van der Waals surface area contributed by atoms with Gasteiger partial charge in [0.15, 0.2) is 0 Å². The van der Waals surface area contributed by atoms with Crippen molar-refractivity contribution in [1.29, 1.82) is 0 Å². The number of benzene rings is 1. The first-order valence-corrected chi connectivity index (χ1v) is 10.4. The molecule has 1 N–H and O–H groups in total. The number of sulfonamides is 1. The summed E-state index contributed by atoms with van der Waals surface area (Å²) in [6.45, 7) is 1.18. The first-order chi connectivity index (χ1) is 11.5. The minimum Gasteiger partial charge on any atom is -0.349 e. The quantitative estimate of drug-likeness (QED) is 0.908. The Labute approximate surface area is 143 Å². The Morgan fingerprint density at radius 2 is 1.75 bits per heavy atom. The van der Waals surface area contributed by atoms with E-state index < -0.39 is 10.0 Å². The van der Waals surface area contributed by atoms with Gasteiger partial charge in [0.05, 0.1) is 4.90 Å². The van der Waals surface area contributed by atoms with E-state index in [4.69, 9.17) is 0 Å². The Bertz CT molecular complexity index is 723. The fraction of sp³-hybridized carbons (Fsp3) is 0.611. The van der Waals surface area contributed by atoms with Crippen LogP contribution < -0.4 is 5.32 Å². The molecular formula is C18H24N2O3S. The molecule has 0 spiro atoms. The number of carbonyl (C=O) groups is 1. The number of hydrogen-bond acceptors (Lipinski definition) is 3. The first-order valence-electron chi connectivity index (χ1n) is 8.95.